The van der Waals surface area contributed by atoms with Gasteiger partial charge in [0.2, 0.25) is 0 Å². The molecule has 1 aromatic heterocycles. The first kappa shape index (κ1) is 15.0. The van der Waals surface area contributed by atoms with Crippen molar-refractivity contribution in [3.63, 3.8) is 0 Å². The van der Waals surface area contributed by atoms with Crippen molar-refractivity contribution in [3.05, 3.63) is 23.7 Å². The molecule has 0 fully saturated rings. The molecule has 2 N–H and O–H groups in total. The average Bonchev–Trinajstić information content (AvgIpc) is 2.80. The lowest BCUT2D eigenvalue weighted by Gasteiger charge is -2.18. The molecule has 4 nitrogen and oxygen atoms in total. The fourth-order valence-corrected chi connectivity index (χ4v) is 1.73. The Hall–Kier alpha value is -1.10. The van der Waals surface area contributed by atoms with Gasteiger partial charge < -0.3 is 15.1 Å². The lowest BCUT2D eigenvalue weighted by atomic mass is 10.2. The summed E-state index contributed by atoms with van der Waals surface area (Å²) >= 11 is 1.83. The zero-order valence-electron chi connectivity index (χ0n) is 11.8. The molecule has 102 valence electrons. The third kappa shape index (κ3) is 4.64. The summed E-state index contributed by atoms with van der Waals surface area (Å²) in [4.78, 5) is 4.21. The van der Waals surface area contributed by atoms with Gasteiger partial charge in [-0.15, -0.1) is 0 Å². The Bertz CT molecular complexity index is 389. The van der Waals surface area contributed by atoms with E-state index in [0.29, 0.717) is 5.25 Å². The molecule has 18 heavy (non-hydrogen) atoms. The minimum Gasteiger partial charge on any atom is -0.464 e. The van der Waals surface area contributed by atoms with E-state index in [4.69, 9.17) is 4.42 Å². The van der Waals surface area contributed by atoms with Crippen LogP contribution in [0.25, 0.3) is 0 Å². The van der Waals surface area contributed by atoms with E-state index in [-0.39, 0.29) is 6.04 Å². The van der Waals surface area contributed by atoms with Gasteiger partial charge in [-0.25, -0.2) is 0 Å². The van der Waals surface area contributed by atoms with Crippen molar-refractivity contribution in [2.75, 3.05) is 19.8 Å². The van der Waals surface area contributed by atoms with E-state index in [0.717, 1.165) is 24.0 Å². The van der Waals surface area contributed by atoms with E-state index < -0.39 is 0 Å². The summed E-state index contributed by atoms with van der Waals surface area (Å²) in [6, 6.07) is 4.07. The Kier molecular flexibility index (Phi) is 6.12. The number of thioether (sulfide) groups is 1. The number of furan rings is 1. The Morgan fingerprint density at radius 2 is 2.17 bits per heavy atom. The van der Waals surface area contributed by atoms with E-state index in [1.165, 1.54) is 0 Å². The highest BCUT2D eigenvalue weighted by molar-refractivity contribution is 7.99. The quantitative estimate of drug-likeness (QED) is 0.637. The maximum Gasteiger partial charge on any atom is 0.191 e. The van der Waals surface area contributed by atoms with Crippen molar-refractivity contribution < 1.29 is 4.42 Å². The highest BCUT2D eigenvalue weighted by Crippen LogP contribution is 2.15. The fourth-order valence-electron chi connectivity index (χ4n) is 1.48. The van der Waals surface area contributed by atoms with Gasteiger partial charge in [-0.05, 0) is 32.2 Å². The van der Waals surface area contributed by atoms with Crippen molar-refractivity contribution in [1.29, 1.82) is 0 Å². The molecule has 0 radical (unpaired) electrons. The number of aliphatic imine (C=N–C) groups is 1. The third-order valence-corrected chi connectivity index (χ3v) is 3.70. The van der Waals surface area contributed by atoms with Crippen molar-refractivity contribution in [2.24, 2.45) is 4.99 Å². The Morgan fingerprint density at radius 3 is 2.67 bits per heavy atom. The molecule has 2 atom stereocenters. The van der Waals surface area contributed by atoms with E-state index in [9.17, 15) is 0 Å². The fraction of sp³-hybridized carbons (Fsp3) is 0.615. The van der Waals surface area contributed by atoms with Gasteiger partial charge in [0.1, 0.15) is 11.5 Å². The van der Waals surface area contributed by atoms with E-state index >= 15 is 0 Å². The topological polar surface area (TPSA) is 49.6 Å². The second kappa shape index (κ2) is 7.36. The summed E-state index contributed by atoms with van der Waals surface area (Å²) in [5.74, 6) is 2.66. The van der Waals surface area contributed by atoms with E-state index in [2.05, 4.69) is 35.7 Å². The Morgan fingerprint density at radius 1 is 1.44 bits per heavy atom. The van der Waals surface area contributed by atoms with Gasteiger partial charge >= 0.3 is 0 Å². The molecule has 0 saturated heterocycles. The molecular weight excluding hydrogens is 246 g/mol. The number of nitrogens with zero attached hydrogens (tertiary/aromatic N) is 1. The lowest BCUT2D eigenvalue weighted by Crippen LogP contribution is -2.41. The van der Waals surface area contributed by atoms with Crippen LogP contribution in [0.5, 0.6) is 0 Å². The Labute approximate surface area is 114 Å². The number of guanidine groups is 1. The minimum atomic E-state index is 0.106. The van der Waals surface area contributed by atoms with Gasteiger partial charge in [0.25, 0.3) is 0 Å². The summed E-state index contributed by atoms with van der Waals surface area (Å²) in [6.07, 6.45) is 2.11. The van der Waals surface area contributed by atoms with Crippen LogP contribution in [0.3, 0.4) is 0 Å². The molecule has 5 heteroatoms. The minimum absolute atomic E-state index is 0.106. The molecule has 1 heterocycles. The predicted molar refractivity (Wildman–Crippen MR) is 79.3 cm³/mol. The number of nitrogens with one attached hydrogen (secondary N) is 2. The molecule has 0 aliphatic rings. The normalized spacial score (nSPS) is 15.3. The summed E-state index contributed by atoms with van der Waals surface area (Å²) in [6.45, 7) is 7.08. The van der Waals surface area contributed by atoms with Crippen LogP contribution in [-0.4, -0.2) is 31.1 Å². The maximum absolute atomic E-state index is 5.59. The first-order valence-corrected chi connectivity index (χ1v) is 7.42. The molecule has 0 amide bonds. The summed E-state index contributed by atoms with van der Waals surface area (Å²) in [5, 5.41) is 7.18. The van der Waals surface area contributed by atoms with Gasteiger partial charge in [0, 0.05) is 18.8 Å². The van der Waals surface area contributed by atoms with Crippen molar-refractivity contribution >= 4 is 17.7 Å². The second-order valence-corrected chi connectivity index (χ2v) is 5.59. The van der Waals surface area contributed by atoms with Crippen LogP contribution in [0.15, 0.2) is 21.5 Å². The largest absolute Gasteiger partial charge is 0.464 e. The molecule has 1 rings (SSSR count). The molecule has 0 bridgehead atoms. The third-order valence-electron chi connectivity index (χ3n) is 2.72. The zero-order valence-corrected chi connectivity index (χ0v) is 12.6. The predicted octanol–water partition coefficient (Wildman–Crippen LogP) is 2.57. The smallest absolute Gasteiger partial charge is 0.191 e. The average molecular weight is 269 g/mol. The lowest BCUT2D eigenvalue weighted by molar-refractivity contribution is 0.441. The van der Waals surface area contributed by atoms with Gasteiger partial charge in [0.15, 0.2) is 5.96 Å². The van der Waals surface area contributed by atoms with Crippen LogP contribution in [0.4, 0.5) is 0 Å². The highest BCUT2D eigenvalue weighted by Gasteiger charge is 2.11. The first-order chi connectivity index (χ1) is 8.56. The molecule has 0 aliphatic carbocycles. The van der Waals surface area contributed by atoms with E-state index in [1.807, 2.05) is 30.8 Å². The van der Waals surface area contributed by atoms with Crippen LogP contribution in [0.1, 0.15) is 31.4 Å². The molecule has 2 unspecified atom stereocenters. The summed E-state index contributed by atoms with van der Waals surface area (Å²) in [5.41, 5.74) is 0. The van der Waals surface area contributed by atoms with Crippen molar-refractivity contribution in [1.82, 2.24) is 10.6 Å². The molecule has 0 aliphatic heterocycles. The Balaban J connectivity index is 2.48. The van der Waals surface area contributed by atoms with Gasteiger partial charge in [-0.1, -0.05) is 6.92 Å². The standard InChI is InChI=1S/C13H23N3OS/c1-9-6-7-12(17-9)11(3)16-13(14-4)15-8-10(2)18-5/h6-7,10-11H,8H2,1-5H3,(H2,14,15,16). The molecular formula is C13H23N3OS. The van der Waals surface area contributed by atoms with Crippen LogP contribution in [0, 0.1) is 6.92 Å². The number of rotatable bonds is 5. The van der Waals surface area contributed by atoms with Crippen LogP contribution >= 0.6 is 11.8 Å². The van der Waals surface area contributed by atoms with Gasteiger partial charge in [0.05, 0.1) is 6.04 Å². The first-order valence-electron chi connectivity index (χ1n) is 6.13. The van der Waals surface area contributed by atoms with Crippen LogP contribution in [-0.2, 0) is 0 Å². The van der Waals surface area contributed by atoms with Crippen molar-refractivity contribution in [2.45, 2.75) is 32.1 Å². The zero-order chi connectivity index (χ0) is 13.5. The molecule has 0 saturated carbocycles. The number of hydrogen-bond acceptors (Lipinski definition) is 3. The van der Waals surface area contributed by atoms with Gasteiger partial charge in [-0.2, -0.15) is 11.8 Å². The van der Waals surface area contributed by atoms with Crippen molar-refractivity contribution in [3.8, 4) is 0 Å². The highest BCUT2D eigenvalue weighted by atomic mass is 32.2. The van der Waals surface area contributed by atoms with Crippen LogP contribution in [0.2, 0.25) is 0 Å². The number of aryl methyl sites for hydroxylation is 1. The molecule has 1 aromatic rings. The van der Waals surface area contributed by atoms with E-state index in [1.54, 1.807) is 7.05 Å². The number of hydrogen-bond donors (Lipinski definition) is 2. The summed E-state index contributed by atoms with van der Waals surface area (Å²) < 4.78 is 5.59. The van der Waals surface area contributed by atoms with Gasteiger partial charge in [-0.3, -0.25) is 4.99 Å². The maximum atomic E-state index is 5.59. The summed E-state index contributed by atoms with van der Waals surface area (Å²) in [7, 11) is 1.78. The molecule has 0 spiro atoms. The monoisotopic (exact) mass is 269 g/mol. The molecule has 0 aromatic carbocycles. The SMILES string of the molecule is CN=C(NCC(C)SC)NC(C)c1ccc(C)o1. The van der Waals surface area contributed by atoms with Crippen LogP contribution < -0.4 is 10.6 Å². The second-order valence-electron chi connectivity index (χ2n) is 4.31.